The molecule has 0 amide bonds. The fourth-order valence-electron chi connectivity index (χ4n) is 4.55. The molecule has 3 aliphatic rings. The molecule has 3 fully saturated rings. The van der Waals surface area contributed by atoms with Crippen molar-refractivity contribution in [3.63, 3.8) is 0 Å². The quantitative estimate of drug-likeness (QED) is 0.806. The normalized spacial score (nSPS) is 34.7. The predicted molar refractivity (Wildman–Crippen MR) is 76.8 cm³/mol. The highest BCUT2D eigenvalue weighted by Gasteiger charge is 2.32. The second-order valence-electron chi connectivity index (χ2n) is 6.73. The van der Waals surface area contributed by atoms with E-state index in [0.29, 0.717) is 0 Å². The van der Waals surface area contributed by atoms with E-state index >= 15 is 0 Å². The SMILES string of the molecule is C1CNC(CCCN2CCCC2C2CCCC2)C1. The predicted octanol–water partition coefficient (Wildman–Crippen LogP) is 3.17. The van der Waals surface area contributed by atoms with Crippen molar-refractivity contribution in [3.05, 3.63) is 0 Å². The van der Waals surface area contributed by atoms with Crippen molar-refractivity contribution in [3.8, 4) is 0 Å². The van der Waals surface area contributed by atoms with E-state index in [0.717, 1.165) is 18.0 Å². The standard InChI is InChI=1S/C16H30N2/c1-2-7-14(6-1)16-10-5-13-18(16)12-4-9-15-8-3-11-17-15/h14-17H,1-13H2. The van der Waals surface area contributed by atoms with Crippen molar-refractivity contribution in [1.29, 1.82) is 0 Å². The minimum absolute atomic E-state index is 0.845. The van der Waals surface area contributed by atoms with Crippen molar-refractivity contribution in [2.75, 3.05) is 19.6 Å². The van der Waals surface area contributed by atoms with Gasteiger partial charge in [-0.2, -0.15) is 0 Å². The van der Waals surface area contributed by atoms with Gasteiger partial charge in [-0.25, -0.2) is 0 Å². The third-order valence-corrected chi connectivity index (χ3v) is 5.52. The molecule has 1 saturated carbocycles. The maximum atomic E-state index is 3.63. The van der Waals surface area contributed by atoms with Gasteiger partial charge in [-0.1, -0.05) is 12.8 Å². The molecule has 3 rings (SSSR count). The smallest absolute Gasteiger partial charge is 0.0124 e. The van der Waals surface area contributed by atoms with Crippen LogP contribution in [0.5, 0.6) is 0 Å². The Morgan fingerprint density at radius 2 is 1.83 bits per heavy atom. The van der Waals surface area contributed by atoms with E-state index in [9.17, 15) is 0 Å². The Bertz CT molecular complexity index is 241. The van der Waals surface area contributed by atoms with Gasteiger partial charge in [0, 0.05) is 12.1 Å². The van der Waals surface area contributed by atoms with Crippen molar-refractivity contribution in [1.82, 2.24) is 10.2 Å². The zero-order valence-electron chi connectivity index (χ0n) is 11.9. The molecule has 2 heteroatoms. The second-order valence-corrected chi connectivity index (χ2v) is 6.73. The Hall–Kier alpha value is -0.0800. The Morgan fingerprint density at radius 3 is 2.61 bits per heavy atom. The molecule has 0 aromatic heterocycles. The van der Waals surface area contributed by atoms with Crippen LogP contribution < -0.4 is 5.32 Å². The molecular formula is C16H30N2. The molecule has 0 bridgehead atoms. The van der Waals surface area contributed by atoms with Gasteiger partial charge in [0.05, 0.1) is 0 Å². The van der Waals surface area contributed by atoms with E-state index in [1.807, 2.05) is 0 Å². The van der Waals surface area contributed by atoms with E-state index in [1.165, 1.54) is 83.8 Å². The number of hydrogen-bond acceptors (Lipinski definition) is 2. The zero-order valence-corrected chi connectivity index (χ0v) is 11.9. The fraction of sp³-hybridized carbons (Fsp3) is 1.00. The highest BCUT2D eigenvalue weighted by Crippen LogP contribution is 2.35. The Balaban J connectivity index is 1.40. The molecule has 0 aromatic rings. The number of nitrogens with zero attached hydrogens (tertiary/aromatic N) is 1. The number of likely N-dealkylation sites (tertiary alicyclic amines) is 1. The van der Waals surface area contributed by atoms with Crippen LogP contribution in [0.2, 0.25) is 0 Å². The average molecular weight is 250 g/mol. The summed E-state index contributed by atoms with van der Waals surface area (Å²) in [6.07, 6.45) is 14.6. The van der Waals surface area contributed by atoms with Crippen LogP contribution in [-0.2, 0) is 0 Å². The van der Waals surface area contributed by atoms with Gasteiger partial charge >= 0.3 is 0 Å². The minimum Gasteiger partial charge on any atom is -0.314 e. The lowest BCUT2D eigenvalue weighted by atomic mass is 9.96. The van der Waals surface area contributed by atoms with E-state index < -0.39 is 0 Å². The Morgan fingerprint density at radius 1 is 0.944 bits per heavy atom. The molecule has 18 heavy (non-hydrogen) atoms. The van der Waals surface area contributed by atoms with Gasteiger partial charge in [-0.05, 0) is 76.9 Å². The van der Waals surface area contributed by atoms with E-state index in [4.69, 9.17) is 0 Å². The molecule has 2 atom stereocenters. The molecule has 2 nitrogen and oxygen atoms in total. The zero-order chi connectivity index (χ0) is 12.2. The minimum atomic E-state index is 0.845. The largest absolute Gasteiger partial charge is 0.314 e. The van der Waals surface area contributed by atoms with Gasteiger partial charge in [0.1, 0.15) is 0 Å². The molecule has 0 radical (unpaired) electrons. The lowest BCUT2D eigenvalue weighted by Gasteiger charge is -2.29. The first kappa shape index (κ1) is 12.9. The summed E-state index contributed by atoms with van der Waals surface area (Å²) in [4.78, 5) is 2.84. The van der Waals surface area contributed by atoms with Crippen molar-refractivity contribution in [2.24, 2.45) is 5.92 Å². The fourth-order valence-corrected chi connectivity index (χ4v) is 4.55. The van der Waals surface area contributed by atoms with Crippen LogP contribution in [0.4, 0.5) is 0 Å². The Kier molecular flexibility index (Phi) is 4.58. The van der Waals surface area contributed by atoms with Crippen LogP contribution in [0, 0.1) is 5.92 Å². The van der Waals surface area contributed by atoms with E-state index in [-0.39, 0.29) is 0 Å². The van der Waals surface area contributed by atoms with Gasteiger partial charge in [0.25, 0.3) is 0 Å². The van der Waals surface area contributed by atoms with Crippen molar-refractivity contribution in [2.45, 2.75) is 76.3 Å². The summed E-state index contributed by atoms with van der Waals surface area (Å²) in [6, 6.07) is 1.81. The maximum Gasteiger partial charge on any atom is 0.0124 e. The van der Waals surface area contributed by atoms with Crippen molar-refractivity contribution < 1.29 is 0 Å². The third-order valence-electron chi connectivity index (χ3n) is 5.52. The lowest BCUT2D eigenvalue weighted by molar-refractivity contribution is 0.186. The van der Waals surface area contributed by atoms with Crippen LogP contribution in [0.3, 0.4) is 0 Å². The Labute approximate surface area is 113 Å². The van der Waals surface area contributed by atoms with Crippen molar-refractivity contribution >= 4 is 0 Å². The first-order valence-electron chi connectivity index (χ1n) is 8.41. The van der Waals surface area contributed by atoms with Gasteiger partial charge in [-0.3, -0.25) is 0 Å². The maximum absolute atomic E-state index is 3.63. The van der Waals surface area contributed by atoms with Gasteiger partial charge in [0.2, 0.25) is 0 Å². The number of hydrogen-bond donors (Lipinski definition) is 1. The summed E-state index contributed by atoms with van der Waals surface area (Å²) >= 11 is 0. The molecule has 2 unspecified atom stereocenters. The topological polar surface area (TPSA) is 15.3 Å². The first-order chi connectivity index (χ1) is 8.93. The summed E-state index contributed by atoms with van der Waals surface area (Å²) in [5, 5.41) is 3.63. The molecule has 1 N–H and O–H groups in total. The molecule has 104 valence electrons. The van der Waals surface area contributed by atoms with Crippen LogP contribution in [-0.4, -0.2) is 36.6 Å². The van der Waals surface area contributed by atoms with Gasteiger partial charge in [0.15, 0.2) is 0 Å². The lowest BCUT2D eigenvalue weighted by Crippen LogP contribution is -2.36. The molecule has 2 aliphatic heterocycles. The summed E-state index contributed by atoms with van der Waals surface area (Å²) in [5.74, 6) is 1.05. The van der Waals surface area contributed by atoms with Gasteiger partial charge < -0.3 is 10.2 Å². The van der Waals surface area contributed by atoms with Crippen LogP contribution in [0.1, 0.15) is 64.2 Å². The molecule has 2 heterocycles. The van der Waals surface area contributed by atoms with Crippen LogP contribution in [0.15, 0.2) is 0 Å². The summed E-state index contributed by atoms with van der Waals surface area (Å²) in [6.45, 7) is 4.03. The van der Waals surface area contributed by atoms with Crippen LogP contribution in [0.25, 0.3) is 0 Å². The molecular weight excluding hydrogens is 220 g/mol. The number of nitrogens with one attached hydrogen (secondary N) is 1. The molecule has 0 aromatic carbocycles. The first-order valence-corrected chi connectivity index (χ1v) is 8.41. The summed E-state index contributed by atoms with van der Waals surface area (Å²) in [5.41, 5.74) is 0. The summed E-state index contributed by atoms with van der Waals surface area (Å²) < 4.78 is 0. The van der Waals surface area contributed by atoms with E-state index in [2.05, 4.69) is 10.2 Å². The third kappa shape index (κ3) is 3.08. The second kappa shape index (κ2) is 6.38. The van der Waals surface area contributed by atoms with E-state index in [1.54, 1.807) is 0 Å². The average Bonchev–Trinajstić information content (AvgIpc) is 3.12. The monoisotopic (exact) mass is 250 g/mol. The molecule has 0 spiro atoms. The van der Waals surface area contributed by atoms with Crippen LogP contribution >= 0.6 is 0 Å². The summed E-state index contributed by atoms with van der Waals surface area (Å²) in [7, 11) is 0. The molecule has 1 aliphatic carbocycles. The highest BCUT2D eigenvalue weighted by atomic mass is 15.2. The number of rotatable bonds is 5. The van der Waals surface area contributed by atoms with Gasteiger partial charge in [-0.15, -0.1) is 0 Å². The highest BCUT2D eigenvalue weighted by molar-refractivity contribution is 4.87. The molecule has 2 saturated heterocycles.